The second-order valence-electron chi connectivity index (χ2n) is 5.28. The first-order valence-corrected chi connectivity index (χ1v) is 7.65. The Kier molecular flexibility index (Phi) is 4.39. The van der Waals surface area contributed by atoms with Gasteiger partial charge in [0, 0.05) is 22.7 Å². The van der Waals surface area contributed by atoms with E-state index >= 15 is 0 Å². The summed E-state index contributed by atoms with van der Waals surface area (Å²) in [4.78, 5) is 23.3. The van der Waals surface area contributed by atoms with Crippen molar-refractivity contribution in [3.63, 3.8) is 0 Å². The number of rotatable bonds is 2. The highest BCUT2D eigenvalue weighted by molar-refractivity contribution is 7.80. The zero-order valence-electron chi connectivity index (χ0n) is 12.8. The molecule has 0 unspecified atom stereocenters. The van der Waals surface area contributed by atoms with Crippen molar-refractivity contribution in [1.82, 2.24) is 5.32 Å². The predicted molar refractivity (Wildman–Crippen MR) is 97.3 cm³/mol. The first-order chi connectivity index (χ1) is 11.5. The molecule has 1 aromatic heterocycles. The van der Waals surface area contributed by atoms with Gasteiger partial charge in [0.2, 0.25) is 0 Å². The van der Waals surface area contributed by atoms with E-state index in [0.29, 0.717) is 16.8 Å². The normalized spacial score (nSPS) is 10.4. The van der Waals surface area contributed by atoms with E-state index in [4.69, 9.17) is 16.6 Å². The molecule has 24 heavy (non-hydrogen) atoms. The highest BCUT2D eigenvalue weighted by atomic mass is 32.1. The zero-order valence-corrected chi connectivity index (χ0v) is 13.6. The summed E-state index contributed by atoms with van der Waals surface area (Å²) in [5.74, 6) is -0.278. The molecule has 120 valence electrons. The Labute approximate surface area is 143 Å². The minimum absolute atomic E-state index is 0.192. The number of thiocarbonyl (C=S) groups is 1. The van der Waals surface area contributed by atoms with E-state index in [9.17, 15) is 9.59 Å². The molecule has 0 aliphatic rings. The fraction of sp³-hybridized carbons (Fsp3) is 0.0556. The smallest absolute Gasteiger partial charge is 0.336 e. The van der Waals surface area contributed by atoms with Crippen molar-refractivity contribution in [2.24, 2.45) is 0 Å². The molecule has 0 saturated carbocycles. The number of aryl methyl sites for hydroxylation is 1. The van der Waals surface area contributed by atoms with Gasteiger partial charge < -0.3 is 9.73 Å². The van der Waals surface area contributed by atoms with Gasteiger partial charge in [0.15, 0.2) is 5.11 Å². The standard InChI is InChI=1S/C18H14N2O3S/c1-11-2-4-12(5-3-11)17(22)20-18(24)19-14-7-8-15-13(10-14)6-9-16(21)23-15/h2-10H,1H3,(H2,19,20,22,24). The largest absolute Gasteiger partial charge is 0.423 e. The Balaban J connectivity index is 1.70. The molecule has 0 aliphatic heterocycles. The molecule has 1 amide bonds. The van der Waals surface area contributed by atoms with Gasteiger partial charge in [-0.1, -0.05) is 17.7 Å². The van der Waals surface area contributed by atoms with E-state index < -0.39 is 5.63 Å². The van der Waals surface area contributed by atoms with Gasteiger partial charge in [-0.25, -0.2) is 4.79 Å². The van der Waals surface area contributed by atoms with Crippen molar-refractivity contribution in [3.05, 3.63) is 76.1 Å². The molecule has 2 aromatic carbocycles. The fourth-order valence-electron chi connectivity index (χ4n) is 2.19. The lowest BCUT2D eigenvalue weighted by atomic mass is 10.1. The van der Waals surface area contributed by atoms with E-state index in [2.05, 4.69) is 10.6 Å². The molecular formula is C18H14N2O3S. The average molecular weight is 338 g/mol. The Morgan fingerprint density at radius 3 is 2.54 bits per heavy atom. The van der Waals surface area contributed by atoms with Crippen LogP contribution < -0.4 is 16.3 Å². The first-order valence-electron chi connectivity index (χ1n) is 7.24. The second-order valence-corrected chi connectivity index (χ2v) is 5.69. The third kappa shape index (κ3) is 3.67. The van der Waals surface area contributed by atoms with Crippen LogP contribution in [0, 0.1) is 6.92 Å². The predicted octanol–water partition coefficient (Wildman–Crippen LogP) is 3.23. The van der Waals surface area contributed by atoms with Crippen LogP contribution >= 0.6 is 12.2 Å². The molecule has 6 heteroatoms. The van der Waals surface area contributed by atoms with Crippen molar-refractivity contribution >= 4 is 39.9 Å². The van der Waals surface area contributed by atoms with Crippen LogP contribution in [-0.2, 0) is 0 Å². The van der Waals surface area contributed by atoms with Gasteiger partial charge in [-0.2, -0.15) is 0 Å². The highest BCUT2D eigenvalue weighted by Gasteiger charge is 2.08. The number of carbonyl (C=O) groups excluding carboxylic acids is 1. The monoisotopic (exact) mass is 338 g/mol. The van der Waals surface area contributed by atoms with Gasteiger partial charge in [0.25, 0.3) is 5.91 Å². The average Bonchev–Trinajstić information content (AvgIpc) is 2.55. The summed E-state index contributed by atoms with van der Waals surface area (Å²) in [5.41, 5.74) is 2.39. The molecular weight excluding hydrogens is 324 g/mol. The molecule has 0 fully saturated rings. The summed E-state index contributed by atoms with van der Waals surface area (Å²) >= 11 is 5.17. The Morgan fingerprint density at radius 1 is 1.04 bits per heavy atom. The lowest BCUT2D eigenvalue weighted by molar-refractivity contribution is 0.0977. The molecule has 3 rings (SSSR count). The van der Waals surface area contributed by atoms with Gasteiger partial charge in [0.05, 0.1) is 0 Å². The van der Waals surface area contributed by atoms with E-state index in [1.54, 1.807) is 36.4 Å². The van der Waals surface area contributed by atoms with E-state index in [-0.39, 0.29) is 11.0 Å². The van der Waals surface area contributed by atoms with Crippen LogP contribution in [0.25, 0.3) is 11.0 Å². The van der Waals surface area contributed by atoms with Crippen LogP contribution in [0.3, 0.4) is 0 Å². The summed E-state index contributed by atoms with van der Waals surface area (Å²) in [5, 5.41) is 6.52. The van der Waals surface area contributed by atoms with Crippen LogP contribution in [0.15, 0.2) is 63.8 Å². The van der Waals surface area contributed by atoms with E-state index in [0.717, 1.165) is 10.9 Å². The minimum atomic E-state index is -0.399. The van der Waals surface area contributed by atoms with Gasteiger partial charge in [-0.15, -0.1) is 0 Å². The SMILES string of the molecule is Cc1ccc(C(=O)NC(=S)Nc2ccc3oc(=O)ccc3c2)cc1. The number of hydrogen-bond acceptors (Lipinski definition) is 4. The maximum Gasteiger partial charge on any atom is 0.336 e. The van der Waals surface area contributed by atoms with Crippen molar-refractivity contribution in [1.29, 1.82) is 0 Å². The molecule has 2 N–H and O–H groups in total. The summed E-state index contributed by atoms with van der Waals surface area (Å²) in [6.07, 6.45) is 0. The quantitative estimate of drug-likeness (QED) is 0.554. The van der Waals surface area contributed by atoms with Gasteiger partial charge in [-0.05, 0) is 55.5 Å². The lowest BCUT2D eigenvalue weighted by Crippen LogP contribution is -2.34. The van der Waals surface area contributed by atoms with Crippen molar-refractivity contribution in [3.8, 4) is 0 Å². The van der Waals surface area contributed by atoms with Crippen molar-refractivity contribution < 1.29 is 9.21 Å². The third-order valence-electron chi connectivity index (χ3n) is 3.42. The number of hydrogen-bond donors (Lipinski definition) is 2. The highest BCUT2D eigenvalue weighted by Crippen LogP contribution is 2.17. The summed E-state index contributed by atoms with van der Waals surface area (Å²) < 4.78 is 5.07. The lowest BCUT2D eigenvalue weighted by Gasteiger charge is -2.10. The maximum absolute atomic E-state index is 12.1. The first kappa shape index (κ1) is 15.9. The Morgan fingerprint density at radius 2 is 1.79 bits per heavy atom. The number of nitrogens with one attached hydrogen (secondary N) is 2. The van der Waals surface area contributed by atoms with Crippen molar-refractivity contribution in [2.75, 3.05) is 5.32 Å². The number of anilines is 1. The topological polar surface area (TPSA) is 71.3 Å². The molecule has 0 spiro atoms. The molecule has 0 saturated heterocycles. The van der Waals surface area contributed by atoms with Crippen LogP contribution in [0.2, 0.25) is 0 Å². The van der Waals surface area contributed by atoms with Crippen LogP contribution in [0.4, 0.5) is 5.69 Å². The molecule has 0 radical (unpaired) electrons. The fourth-order valence-corrected chi connectivity index (χ4v) is 2.40. The molecule has 3 aromatic rings. The van der Waals surface area contributed by atoms with Gasteiger partial charge in [0.1, 0.15) is 5.58 Å². The maximum atomic E-state index is 12.1. The van der Waals surface area contributed by atoms with E-state index in [1.807, 2.05) is 19.1 Å². The summed E-state index contributed by atoms with van der Waals surface area (Å²) in [7, 11) is 0. The summed E-state index contributed by atoms with van der Waals surface area (Å²) in [6.45, 7) is 1.95. The Hall–Kier alpha value is -2.99. The van der Waals surface area contributed by atoms with Crippen molar-refractivity contribution in [2.45, 2.75) is 6.92 Å². The van der Waals surface area contributed by atoms with Crippen LogP contribution in [-0.4, -0.2) is 11.0 Å². The van der Waals surface area contributed by atoms with E-state index in [1.165, 1.54) is 6.07 Å². The third-order valence-corrected chi connectivity index (χ3v) is 3.62. The molecule has 5 nitrogen and oxygen atoms in total. The van der Waals surface area contributed by atoms with Crippen LogP contribution in [0.5, 0.6) is 0 Å². The zero-order chi connectivity index (χ0) is 17.1. The number of fused-ring (bicyclic) bond motifs is 1. The second kappa shape index (κ2) is 6.64. The molecule has 1 heterocycles. The minimum Gasteiger partial charge on any atom is -0.423 e. The number of benzene rings is 2. The Bertz CT molecular complexity index is 977. The summed E-state index contributed by atoms with van der Waals surface area (Å²) in [6, 6.07) is 15.4. The van der Waals surface area contributed by atoms with Gasteiger partial charge in [-0.3, -0.25) is 10.1 Å². The molecule has 0 atom stereocenters. The number of carbonyl (C=O) groups is 1. The molecule has 0 bridgehead atoms. The molecule has 0 aliphatic carbocycles. The van der Waals surface area contributed by atoms with Crippen LogP contribution in [0.1, 0.15) is 15.9 Å². The number of amides is 1. The van der Waals surface area contributed by atoms with Gasteiger partial charge >= 0.3 is 5.63 Å².